The fourth-order valence-corrected chi connectivity index (χ4v) is 5.04. The number of carbonyl (C=O) groups is 1. The molecular weight excluding hydrogens is 258 g/mol. The molecule has 2 heterocycles. The summed E-state index contributed by atoms with van der Waals surface area (Å²) in [5.41, 5.74) is -0.477. The molecule has 110 valence electrons. The van der Waals surface area contributed by atoms with Crippen LogP contribution in [0.4, 0.5) is 0 Å². The van der Waals surface area contributed by atoms with Gasteiger partial charge >= 0.3 is 5.97 Å². The molecule has 0 aromatic heterocycles. The van der Waals surface area contributed by atoms with E-state index in [-0.39, 0.29) is 0 Å². The molecule has 0 aromatic carbocycles. The summed E-state index contributed by atoms with van der Waals surface area (Å²) in [5.74, 6) is 0.694. The third kappa shape index (κ3) is 3.27. The van der Waals surface area contributed by atoms with E-state index in [1.54, 1.807) is 0 Å². The lowest BCUT2D eigenvalue weighted by molar-refractivity contribution is -0.154. The number of carboxylic acid groups (broad SMARTS) is 1. The van der Waals surface area contributed by atoms with Crippen molar-refractivity contribution in [1.29, 1.82) is 0 Å². The summed E-state index contributed by atoms with van der Waals surface area (Å²) in [6.07, 6.45) is 6.23. The average Bonchev–Trinajstić information content (AvgIpc) is 2.39. The zero-order valence-electron chi connectivity index (χ0n) is 12.2. The van der Waals surface area contributed by atoms with E-state index in [9.17, 15) is 9.90 Å². The highest BCUT2D eigenvalue weighted by atomic mass is 32.2. The Kier molecular flexibility index (Phi) is 5.18. The quantitative estimate of drug-likeness (QED) is 0.861. The Hall–Kier alpha value is -0.220. The summed E-state index contributed by atoms with van der Waals surface area (Å²) in [6, 6.07) is 0.592. The normalized spacial score (nSPS) is 37.2. The SMILES string of the molecule is CCCC1(C(=O)O)CCCN(C2CCCSC2C)C1. The summed E-state index contributed by atoms with van der Waals surface area (Å²) in [4.78, 5) is 14.2. The van der Waals surface area contributed by atoms with Crippen molar-refractivity contribution >= 4 is 17.7 Å². The van der Waals surface area contributed by atoms with Gasteiger partial charge < -0.3 is 5.11 Å². The van der Waals surface area contributed by atoms with E-state index in [1.807, 2.05) is 0 Å². The maximum atomic E-state index is 11.7. The summed E-state index contributed by atoms with van der Waals surface area (Å²) in [5, 5.41) is 10.3. The Morgan fingerprint density at radius 3 is 2.89 bits per heavy atom. The largest absolute Gasteiger partial charge is 0.481 e. The molecule has 0 amide bonds. The molecule has 0 spiro atoms. The van der Waals surface area contributed by atoms with Gasteiger partial charge in [-0.05, 0) is 44.4 Å². The number of likely N-dealkylation sites (tertiary alicyclic amines) is 1. The molecule has 2 fully saturated rings. The first-order valence-corrected chi connectivity index (χ1v) is 8.73. The lowest BCUT2D eigenvalue weighted by Crippen LogP contribution is -2.54. The smallest absolute Gasteiger partial charge is 0.310 e. The van der Waals surface area contributed by atoms with Gasteiger partial charge in [0.2, 0.25) is 0 Å². The summed E-state index contributed by atoms with van der Waals surface area (Å²) >= 11 is 2.05. The fraction of sp³-hybridized carbons (Fsp3) is 0.933. The van der Waals surface area contributed by atoms with Crippen molar-refractivity contribution in [3.8, 4) is 0 Å². The predicted molar refractivity (Wildman–Crippen MR) is 80.7 cm³/mol. The highest BCUT2D eigenvalue weighted by molar-refractivity contribution is 7.99. The minimum absolute atomic E-state index is 0.477. The molecule has 1 N–H and O–H groups in total. The molecular formula is C15H27NO2S. The Bertz CT molecular complexity index is 319. The monoisotopic (exact) mass is 285 g/mol. The van der Waals surface area contributed by atoms with Gasteiger partial charge in [0.15, 0.2) is 0 Å². The van der Waals surface area contributed by atoms with Gasteiger partial charge in [0, 0.05) is 17.8 Å². The Morgan fingerprint density at radius 1 is 1.47 bits per heavy atom. The molecule has 2 saturated heterocycles. The molecule has 3 atom stereocenters. The van der Waals surface area contributed by atoms with Crippen LogP contribution in [0.5, 0.6) is 0 Å². The van der Waals surface area contributed by atoms with Crippen LogP contribution in [-0.4, -0.2) is 46.1 Å². The van der Waals surface area contributed by atoms with Gasteiger partial charge in [-0.25, -0.2) is 0 Å². The van der Waals surface area contributed by atoms with Crippen molar-refractivity contribution in [2.75, 3.05) is 18.8 Å². The van der Waals surface area contributed by atoms with Gasteiger partial charge in [-0.3, -0.25) is 9.69 Å². The molecule has 0 radical (unpaired) electrons. The number of nitrogens with zero attached hydrogens (tertiary/aromatic N) is 1. The number of rotatable bonds is 4. The second kappa shape index (κ2) is 6.49. The minimum atomic E-state index is -0.574. The Balaban J connectivity index is 2.08. The van der Waals surface area contributed by atoms with Crippen LogP contribution in [0, 0.1) is 5.41 Å². The molecule has 2 aliphatic heterocycles. The summed E-state index contributed by atoms with van der Waals surface area (Å²) in [6.45, 7) is 6.27. The maximum Gasteiger partial charge on any atom is 0.310 e. The van der Waals surface area contributed by atoms with Crippen LogP contribution in [0.1, 0.15) is 52.4 Å². The van der Waals surface area contributed by atoms with E-state index in [0.717, 1.165) is 38.8 Å². The van der Waals surface area contributed by atoms with E-state index in [0.29, 0.717) is 11.3 Å². The number of hydrogen-bond acceptors (Lipinski definition) is 3. The molecule has 3 unspecified atom stereocenters. The van der Waals surface area contributed by atoms with Crippen molar-refractivity contribution in [1.82, 2.24) is 4.90 Å². The number of aliphatic carboxylic acids is 1. The highest BCUT2D eigenvalue weighted by Crippen LogP contribution is 2.38. The zero-order chi connectivity index (χ0) is 13.9. The van der Waals surface area contributed by atoms with Crippen molar-refractivity contribution < 1.29 is 9.90 Å². The molecule has 4 heteroatoms. The first kappa shape index (κ1) is 15.2. The molecule has 0 bridgehead atoms. The third-order valence-electron chi connectivity index (χ3n) is 4.82. The van der Waals surface area contributed by atoms with E-state index < -0.39 is 11.4 Å². The van der Waals surface area contributed by atoms with E-state index >= 15 is 0 Å². The van der Waals surface area contributed by atoms with Gasteiger partial charge in [0.25, 0.3) is 0 Å². The molecule has 0 aromatic rings. The van der Waals surface area contributed by atoms with E-state index in [2.05, 4.69) is 30.5 Å². The first-order chi connectivity index (χ1) is 9.09. The third-order valence-corrected chi connectivity index (χ3v) is 6.19. The van der Waals surface area contributed by atoms with Gasteiger partial charge in [-0.2, -0.15) is 11.8 Å². The second-order valence-electron chi connectivity index (χ2n) is 6.19. The van der Waals surface area contributed by atoms with Crippen LogP contribution in [0.3, 0.4) is 0 Å². The fourth-order valence-electron chi connectivity index (χ4n) is 3.80. The van der Waals surface area contributed by atoms with Gasteiger partial charge in [-0.1, -0.05) is 20.3 Å². The van der Waals surface area contributed by atoms with Crippen molar-refractivity contribution in [3.63, 3.8) is 0 Å². The van der Waals surface area contributed by atoms with Gasteiger partial charge in [-0.15, -0.1) is 0 Å². The highest BCUT2D eigenvalue weighted by Gasteiger charge is 2.44. The Labute approximate surface area is 121 Å². The summed E-state index contributed by atoms with van der Waals surface area (Å²) in [7, 11) is 0. The molecule has 2 aliphatic rings. The van der Waals surface area contributed by atoms with E-state index in [1.165, 1.54) is 18.6 Å². The lowest BCUT2D eigenvalue weighted by Gasteiger charge is -2.46. The van der Waals surface area contributed by atoms with E-state index in [4.69, 9.17) is 0 Å². The number of piperidine rings is 1. The minimum Gasteiger partial charge on any atom is -0.481 e. The lowest BCUT2D eigenvalue weighted by atomic mass is 9.75. The molecule has 3 nitrogen and oxygen atoms in total. The van der Waals surface area contributed by atoms with Gasteiger partial charge in [0.1, 0.15) is 0 Å². The van der Waals surface area contributed by atoms with Crippen molar-refractivity contribution in [3.05, 3.63) is 0 Å². The molecule has 2 rings (SSSR count). The number of thioether (sulfide) groups is 1. The molecule has 19 heavy (non-hydrogen) atoms. The predicted octanol–water partition coefficient (Wildman–Crippen LogP) is 3.24. The summed E-state index contributed by atoms with van der Waals surface area (Å²) < 4.78 is 0. The average molecular weight is 285 g/mol. The Morgan fingerprint density at radius 2 is 2.26 bits per heavy atom. The maximum absolute atomic E-state index is 11.7. The number of carboxylic acids is 1. The topological polar surface area (TPSA) is 40.5 Å². The molecule has 0 aliphatic carbocycles. The van der Waals surface area contributed by atoms with Gasteiger partial charge in [0.05, 0.1) is 5.41 Å². The van der Waals surface area contributed by atoms with Crippen LogP contribution < -0.4 is 0 Å². The van der Waals surface area contributed by atoms with Crippen LogP contribution in [0.15, 0.2) is 0 Å². The number of hydrogen-bond donors (Lipinski definition) is 1. The van der Waals surface area contributed by atoms with Crippen LogP contribution in [-0.2, 0) is 4.79 Å². The van der Waals surface area contributed by atoms with Crippen LogP contribution in [0.2, 0.25) is 0 Å². The van der Waals surface area contributed by atoms with Crippen molar-refractivity contribution in [2.24, 2.45) is 5.41 Å². The van der Waals surface area contributed by atoms with Crippen molar-refractivity contribution in [2.45, 2.75) is 63.7 Å². The standard InChI is InChI=1S/C15H27NO2S/c1-3-7-15(14(17)18)8-5-9-16(11-15)13-6-4-10-19-12(13)2/h12-13H,3-11H2,1-2H3,(H,17,18). The van der Waals surface area contributed by atoms with Crippen LogP contribution in [0.25, 0.3) is 0 Å². The second-order valence-corrected chi connectivity index (χ2v) is 7.68. The zero-order valence-corrected chi connectivity index (χ0v) is 13.0. The molecule has 0 saturated carbocycles. The van der Waals surface area contributed by atoms with Crippen LogP contribution >= 0.6 is 11.8 Å². The first-order valence-electron chi connectivity index (χ1n) is 7.68.